The molecule has 0 unspecified atom stereocenters. The molecule has 0 fully saturated rings. The maximum atomic E-state index is 5.84. The summed E-state index contributed by atoms with van der Waals surface area (Å²) in [4.78, 5) is 0. The van der Waals surface area contributed by atoms with Crippen molar-refractivity contribution in [2.24, 2.45) is 5.73 Å². The van der Waals surface area contributed by atoms with Crippen molar-refractivity contribution in [2.75, 3.05) is 7.11 Å². The van der Waals surface area contributed by atoms with Crippen molar-refractivity contribution in [3.05, 3.63) is 65.4 Å². The summed E-state index contributed by atoms with van der Waals surface area (Å²) in [6.45, 7) is 3.12. The molecular weight excluding hydrogens is 288 g/mol. The summed E-state index contributed by atoms with van der Waals surface area (Å²) in [5.41, 5.74) is 11.1. The minimum Gasteiger partial charge on any atom is -0.497 e. The van der Waals surface area contributed by atoms with Crippen LogP contribution >= 0.6 is 0 Å². The van der Waals surface area contributed by atoms with E-state index in [2.05, 4.69) is 29.4 Å². The first kappa shape index (κ1) is 15.2. The molecule has 1 aromatic heterocycles. The van der Waals surface area contributed by atoms with Crippen LogP contribution in [-0.2, 0) is 13.1 Å². The third-order valence-corrected chi connectivity index (χ3v) is 3.94. The van der Waals surface area contributed by atoms with Crippen LogP contribution in [0.15, 0.2) is 48.5 Å². The lowest BCUT2D eigenvalue weighted by Crippen LogP contribution is -2.06. The predicted octanol–water partition coefficient (Wildman–Crippen LogP) is 2.77. The van der Waals surface area contributed by atoms with Crippen LogP contribution in [0.4, 0.5) is 0 Å². The molecule has 0 aliphatic carbocycles. The van der Waals surface area contributed by atoms with E-state index in [4.69, 9.17) is 10.5 Å². The molecule has 0 aliphatic rings. The molecule has 0 saturated heterocycles. The average molecular weight is 308 g/mol. The molecule has 118 valence electrons. The molecule has 5 heteroatoms. The van der Waals surface area contributed by atoms with Gasteiger partial charge in [-0.15, -0.1) is 5.10 Å². The zero-order valence-electron chi connectivity index (χ0n) is 13.4. The van der Waals surface area contributed by atoms with Gasteiger partial charge in [-0.25, -0.2) is 4.68 Å². The number of benzene rings is 2. The monoisotopic (exact) mass is 308 g/mol. The number of rotatable bonds is 5. The summed E-state index contributed by atoms with van der Waals surface area (Å²) in [7, 11) is 1.66. The van der Waals surface area contributed by atoms with E-state index >= 15 is 0 Å². The number of nitrogens with zero attached hydrogens (tertiary/aromatic N) is 3. The summed E-state index contributed by atoms with van der Waals surface area (Å²) in [5, 5.41) is 8.53. The minimum absolute atomic E-state index is 0.356. The van der Waals surface area contributed by atoms with E-state index in [-0.39, 0.29) is 0 Å². The highest BCUT2D eigenvalue weighted by Crippen LogP contribution is 2.25. The first-order valence-electron chi connectivity index (χ1n) is 7.54. The molecule has 0 amide bonds. The van der Waals surface area contributed by atoms with E-state index in [1.807, 2.05) is 41.1 Å². The van der Waals surface area contributed by atoms with Gasteiger partial charge in [-0.05, 0) is 42.3 Å². The first-order chi connectivity index (χ1) is 11.2. The second-order valence-electron chi connectivity index (χ2n) is 5.40. The lowest BCUT2D eigenvalue weighted by molar-refractivity contribution is 0.415. The fourth-order valence-corrected chi connectivity index (χ4v) is 2.61. The van der Waals surface area contributed by atoms with Gasteiger partial charge in [-0.2, -0.15) is 0 Å². The molecule has 3 rings (SSSR count). The third kappa shape index (κ3) is 3.10. The fraction of sp³-hybridized carbons (Fsp3) is 0.222. The Balaban J connectivity index is 2.01. The van der Waals surface area contributed by atoms with Gasteiger partial charge in [0, 0.05) is 12.1 Å². The van der Waals surface area contributed by atoms with Crippen LogP contribution < -0.4 is 10.5 Å². The molecule has 2 N–H and O–H groups in total. The van der Waals surface area contributed by atoms with Crippen molar-refractivity contribution in [1.29, 1.82) is 0 Å². The van der Waals surface area contributed by atoms with Gasteiger partial charge in [0.15, 0.2) is 0 Å². The SMILES string of the molecule is COc1ccc(-c2c(CN)nnn2Cc2ccccc2C)cc1. The highest BCUT2D eigenvalue weighted by atomic mass is 16.5. The Hall–Kier alpha value is -2.66. The predicted molar refractivity (Wildman–Crippen MR) is 90.2 cm³/mol. The fourth-order valence-electron chi connectivity index (χ4n) is 2.61. The van der Waals surface area contributed by atoms with Gasteiger partial charge in [0.2, 0.25) is 0 Å². The van der Waals surface area contributed by atoms with E-state index in [0.717, 1.165) is 22.7 Å². The van der Waals surface area contributed by atoms with Gasteiger partial charge >= 0.3 is 0 Å². The van der Waals surface area contributed by atoms with Gasteiger partial charge in [-0.3, -0.25) is 0 Å². The van der Waals surface area contributed by atoms with Gasteiger partial charge in [-0.1, -0.05) is 29.5 Å². The van der Waals surface area contributed by atoms with Crippen molar-refractivity contribution in [3.8, 4) is 17.0 Å². The molecule has 1 heterocycles. The molecule has 3 aromatic rings. The highest BCUT2D eigenvalue weighted by Gasteiger charge is 2.14. The molecule has 0 saturated carbocycles. The van der Waals surface area contributed by atoms with Crippen molar-refractivity contribution in [3.63, 3.8) is 0 Å². The van der Waals surface area contributed by atoms with Crippen LogP contribution in [0.2, 0.25) is 0 Å². The highest BCUT2D eigenvalue weighted by molar-refractivity contribution is 5.63. The minimum atomic E-state index is 0.356. The normalized spacial score (nSPS) is 10.7. The van der Waals surface area contributed by atoms with Crippen molar-refractivity contribution in [2.45, 2.75) is 20.0 Å². The third-order valence-electron chi connectivity index (χ3n) is 3.94. The summed E-state index contributed by atoms with van der Waals surface area (Å²) in [5.74, 6) is 0.820. The lowest BCUT2D eigenvalue weighted by Gasteiger charge is -2.10. The van der Waals surface area contributed by atoms with Crippen LogP contribution in [0.3, 0.4) is 0 Å². The molecule has 23 heavy (non-hydrogen) atoms. The second-order valence-corrected chi connectivity index (χ2v) is 5.40. The summed E-state index contributed by atoms with van der Waals surface area (Å²) < 4.78 is 7.13. The van der Waals surface area contributed by atoms with Crippen LogP contribution in [-0.4, -0.2) is 22.1 Å². The molecule has 0 spiro atoms. The van der Waals surface area contributed by atoms with Crippen LogP contribution in [0.1, 0.15) is 16.8 Å². The molecule has 0 aliphatic heterocycles. The number of aryl methyl sites for hydroxylation is 1. The topological polar surface area (TPSA) is 66.0 Å². The van der Waals surface area contributed by atoms with Crippen LogP contribution in [0, 0.1) is 6.92 Å². The Labute approximate surface area is 135 Å². The van der Waals surface area contributed by atoms with Gasteiger partial charge in [0.25, 0.3) is 0 Å². The standard InChI is InChI=1S/C18H20N4O/c1-13-5-3-4-6-15(13)12-22-18(17(11-19)20-21-22)14-7-9-16(23-2)10-8-14/h3-10H,11-12,19H2,1-2H3. The number of methoxy groups -OCH3 is 1. The Morgan fingerprint density at radius 3 is 2.48 bits per heavy atom. The molecular formula is C18H20N4O. The lowest BCUT2D eigenvalue weighted by atomic mass is 10.1. The molecule has 5 nitrogen and oxygen atoms in total. The van der Waals surface area contributed by atoms with Gasteiger partial charge < -0.3 is 10.5 Å². The number of hydrogen-bond acceptors (Lipinski definition) is 4. The zero-order valence-corrected chi connectivity index (χ0v) is 13.4. The average Bonchev–Trinajstić information content (AvgIpc) is 3.00. The maximum Gasteiger partial charge on any atom is 0.118 e. The number of hydrogen-bond donors (Lipinski definition) is 1. The van der Waals surface area contributed by atoms with Crippen LogP contribution in [0.5, 0.6) is 5.75 Å². The summed E-state index contributed by atoms with van der Waals surface area (Å²) >= 11 is 0. The number of ether oxygens (including phenoxy) is 1. The second kappa shape index (κ2) is 6.62. The van der Waals surface area contributed by atoms with E-state index in [1.165, 1.54) is 11.1 Å². The molecule has 0 atom stereocenters. The largest absolute Gasteiger partial charge is 0.497 e. The van der Waals surface area contributed by atoms with E-state index in [1.54, 1.807) is 7.11 Å². The van der Waals surface area contributed by atoms with Gasteiger partial charge in [0.05, 0.1) is 19.3 Å². The van der Waals surface area contributed by atoms with Crippen LogP contribution in [0.25, 0.3) is 11.3 Å². The Kier molecular flexibility index (Phi) is 4.39. The number of aromatic nitrogens is 3. The maximum absolute atomic E-state index is 5.84. The Morgan fingerprint density at radius 2 is 1.83 bits per heavy atom. The van der Waals surface area contributed by atoms with Gasteiger partial charge in [0.1, 0.15) is 11.4 Å². The Bertz CT molecular complexity index is 793. The zero-order chi connectivity index (χ0) is 16.2. The summed E-state index contributed by atoms with van der Waals surface area (Å²) in [6, 6.07) is 16.2. The smallest absolute Gasteiger partial charge is 0.118 e. The Morgan fingerprint density at radius 1 is 1.09 bits per heavy atom. The van der Waals surface area contributed by atoms with Crippen molar-refractivity contribution < 1.29 is 4.74 Å². The first-order valence-corrected chi connectivity index (χ1v) is 7.54. The molecule has 0 bridgehead atoms. The van der Waals surface area contributed by atoms with E-state index in [9.17, 15) is 0 Å². The van der Waals surface area contributed by atoms with E-state index < -0.39 is 0 Å². The van der Waals surface area contributed by atoms with Crippen molar-refractivity contribution >= 4 is 0 Å². The quantitative estimate of drug-likeness (QED) is 0.787. The van der Waals surface area contributed by atoms with E-state index in [0.29, 0.717) is 13.1 Å². The summed E-state index contributed by atoms with van der Waals surface area (Å²) in [6.07, 6.45) is 0. The number of nitrogens with two attached hydrogens (primary N) is 1. The molecule has 2 aromatic carbocycles. The molecule has 0 radical (unpaired) electrons. The van der Waals surface area contributed by atoms with Crippen molar-refractivity contribution in [1.82, 2.24) is 15.0 Å².